The van der Waals surface area contributed by atoms with Gasteiger partial charge in [-0.3, -0.25) is 4.98 Å². The molecule has 0 bridgehead atoms. The molecule has 4 heteroatoms. The first-order chi connectivity index (χ1) is 7.31. The molecule has 2 rings (SSSR count). The van der Waals surface area contributed by atoms with Gasteiger partial charge in [-0.15, -0.1) is 0 Å². The van der Waals surface area contributed by atoms with Crippen LogP contribution in [0.25, 0.3) is 11.4 Å². The van der Waals surface area contributed by atoms with E-state index < -0.39 is 0 Å². The number of nitrogens with zero attached hydrogens (tertiary/aromatic N) is 3. The van der Waals surface area contributed by atoms with Crippen molar-refractivity contribution in [1.29, 1.82) is 0 Å². The summed E-state index contributed by atoms with van der Waals surface area (Å²) in [7, 11) is 1.62. The first-order valence-corrected chi connectivity index (χ1v) is 4.58. The highest BCUT2D eigenvalue weighted by atomic mass is 16.5. The standard InChI is InChI=1S/C11H11N3O/c1-8-5-12-7-14-11(8)10-4-3-9(15-2)6-13-10/h3-7H,1-2H3. The Morgan fingerprint density at radius 2 is 2.00 bits per heavy atom. The average Bonchev–Trinajstić information content (AvgIpc) is 2.30. The van der Waals surface area contributed by atoms with Crippen molar-refractivity contribution in [3.05, 3.63) is 36.4 Å². The van der Waals surface area contributed by atoms with Crippen LogP contribution in [0.15, 0.2) is 30.9 Å². The molecule has 0 unspecified atom stereocenters. The molecular weight excluding hydrogens is 190 g/mol. The molecule has 0 saturated heterocycles. The van der Waals surface area contributed by atoms with Gasteiger partial charge in [0.1, 0.15) is 12.1 Å². The van der Waals surface area contributed by atoms with Crippen molar-refractivity contribution in [2.45, 2.75) is 6.92 Å². The van der Waals surface area contributed by atoms with Crippen molar-refractivity contribution in [2.24, 2.45) is 0 Å². The molecule has 2 aromatic rings. The van der Waals surface area contributed by atoms with E-state index in [2.05, 4.69) is 15.0 Å². The van der Waals surface area contributed by atoms with Crippen molar-refractivity contribution >= 4 is 0 Å². The van der Waals surface area contributed by atoms with Crippen LogP contribution in [-0.2, 0) is 0 Å². The number of aryl methyl sites for hydroxylation is 1. The second kappa shape index (κ2) is 4.04. The van der Waals surface area contributed by atoms with E-state index in [1.165, 1.54) is 6.33 Å². The highest BCUT2D eigenvalue weighted by Crippen LogP contribution is 2.19. The number of methoxy groups -OCH3 is 1. The summed E-state index contributed by atoms with van der Waals surface area (Å²) in [5.74, 6) is 0.741. The summed E-state index contributed by atoms with van der Waals surface area (Å²) in [4.78, 5) is 12.4. The zero-order valence-corrected chi connectivity index (χ0v) is 8.64. The minimum atomic E-state index is 0.741. The fraction of sp³-hybridized carbons (Fsp3) is 0.182. The van der Waals surface area contributed by atoms with Gasteiger partial charge in [0, 0.05) is 6.20 Å². The van der Waals surface area contributed by atoms with Crippen molar-refractivity contribution in [3.63, 3.8) is 0 Å². The van der Waals surface area contributed by atoms with Crippen LogP contribution in [0.4, 0.5) is 0 Å². The van der Waals surface area contributed by atoms with Gasteiger partial charge in [-0.1, -0.05) is 0 Å². The molecule has 15 heavy (non-hydrogen) atoms. The summed E-state index contributed by atoms with van der Waals surface area (Å²) in [6, 6.07) is 3.75. The van der Waals surface area contributed by atoms with Crippen LogP contribution in [0.5, 0.6) is 5.75 Å². The first-order valence-electron chi connectivity index (χ1n) is 4.58. The number of rotatable bonds is 2. The van der Waals surface area contributed by atoms with E-state index in [-0.39, 0.29) is 0 Å². The molecule has 76 valence electrons. The van der Waals surface area contributed by atoms with E-state index in [1.54, 1.807) is 19.5 Å². The third kappa shape index (κ3) is 1.93. The molecule has 2 heterocycles. The molecule has 0 spiro atoms. The smallest absolute Gasteiger partial charge is 0.137 e. The lowest BCUT2D eigenvalue weighted by Crippen LogP contribution is -1.92. The van der Waals surface area contributed by atoms with Crippen LogP contribution in [0.2, 0.25) is 0 Å². The lowest BCUT2D eigenvalue weighted by molar-refractivity contribution is 0.413. The maximum Gasteiger partial charge on any atom is 0.137 e. The van der Waals surface area contributed by atoms with Gasteiger partial charge in [0.15, 0.2) is 0 Å². The van der Waals surface area contributed by atoms with E-state index >= 15 is 0 Å². The van der Waals surface area contributed by atoms with Crippen LogP contribution in [0, 0.1) is 6.92 Å². The molecule has 0 N–H and O–H groups in total. The number of ether oxygens (including phenoxy) is 1. The minimum absolute atomic E-state index is 0.741. The fourth-order valence-electron chi connectivity index (χ4n) is 1.31. The van der Waals surface area contributed by atoms with Crippen molar-refractivity contribution in [3.8, 4) is 17.1 Å². The topological polar surface area (TPSA) is 47.9 Å². The minimum Gasteiger partial charge on any atom is -0.495 e. The number of pyridine rings is 1. The van der Waals surface area contributed by atoms with E-state index in [0.29, 0.717) is 0 Å². The Hall–Kier alpha value is -1.97. The highest BCUT2D eigenvalue weighted by Gasteiger charge is 2.04. The lowest BCUT2D eigenvalue weighted by atomic mass is 10.2. The lowest BCUT2D eigenvalue weighted by Gasteiger charge is -2.03. The molecule has 0 aliphatic heterocycles. The van der Waals surface area contributed by atoms with Gasteiger partial charge in [0.05, 0.1) is 24.7 Å². The van der Waals surface area contributed by atoms with Crippen LogP contribution < -0.4 is 4.74 Å². The monoisotopic (exact) mass is 201 g/mol. The largest absolute Gasteiger partial charge is 0.495 e. The summed E-state index contributed by atoms with van der Waals surface area (Å²) >= 11 is 0. The quantitative estimate of drug-likeness (QED) is 0.744. The molecule has 0 aliphatic carbocycles. The predicted octanol–water partition coefficient (Wildman–Crippen LogP) is 1.86. The molecule has 0 fully saturated rings. The van der Waals surface area contributed by atoms with Gasteiger partial charge in [-0.05, 0) is 24.6 Å². The normalized spacial score (nSPS) is 10.0. The molecular formula is C11H11N3O. The molecule has 0 radical (unpaired) electrons. The molecule has 0 aromatic carbocycles. The molecule has 0 amide bonds. The number of hydrogen-bond donors (Lipinski definition) is 0. The third-order valence-electron chi connectivity index (χ3n) is 2.11. The SMILES string of the molecule is COc1ccc(-c2ncncc2C)nc1. The van der Waals surface area contributed by atoms with E-state index in [4.69, 9.17) is 4.74 Å². The van der Waals surface area contributed by atoms with Gasteiger partial charge in [-0.25, -0.2) is 9.97 Å². The average molecular weight is 201 g/mol. The maximum absolute atomic E-state index is 5.04. The fourth-order valence-corrected chi connectivity index (χ4v) is 1.31. The zero-order chi connectivity index (χ0) is 10.7. The Balaban J connectivity index is 2.42. The second-order valence-electron chi connectivity index (χ2n) is 3.14. The van der Waals surface area contributed by atoms with Crippen LogP contribution in [0.1, 0.15) is 5.56 Å². The second-order valence-corrected chi connectivity index (χ2v) is 3.14. The zero-order valence-electron chi connectivity index (χ0n) is 8.64. The van der Waals surface area contributed by atoms with Gasteiger partial charge in [-0.2, -0.15) is 0 Å². The number of aromatic nitrogens is 3. The van der Waals surface area contributed by atoms with E-state index in [1.807, 2.05) is 19.1 Å². The Bertz CT molecular complexity index is 454. The van der Waals surface area contributed by atoms with Crippen molar-refractivity contribution in [1.82, 2.24) is 15.0 Å². The third-order valence-corrected chi connectivity index (χ3v) is 2.11. The van der Waals surface area contributed by atoms with Crippen molar-refractivity contribution in [2.75, 3.05) is 7.11 Å². The summed E-state index contributed by atoms with van der Waals surface area (Å²) < 4.78 is 5.04. The first kappa shape index (κ1) is 9.58. The summed E-state index contributed by atoms with van der Waals surface area (Å²) in [5, 5.41) is 0. The van der Waals surface area contributed by atoms with Gasteiger partial charge >= 0.3 is 0 Å². The van der Waals surface area contributed by atoms with Gasteiger partial charge < -0.3 is 4.74 Å². The van der Waals surface area contributed by atoms with Gasteiger partial charge in [0.2, 0.25) is 0 Å². The number of hydrogen-bond acceptors (Lipinski definition) is 4. The van der Waals surface area contributed by atoms with Crippen LogP contribution >= 0.6 is 0 Å². The maximum atomic E-state index is 5.04. The Morgan fingerprint density at radius 1 is 1.13 bits per heavy atom. The van der Waals surface area contributed by atoms with Gasteiger partial charge in [0.25, 0.3) is 0 Å². The predicted molar refractivity (Wildman–Crippen MR) is 56.6 cm³/mol. The molecule has 2 aromatic heterocycles. The van der Waals surface area contributed by atoms with Crippen molar-refractivity contribution < 1.29 is 4.74 Å². The van der Waals surface area contributed by atoms with E-state index in [9.17, 15) is 0 Å². The van der Waals surface area contributed by atoms with E-state index in [0.717, 1.165) is 22.7 Å². The molecule has 0 aliphatic rings. The summed E-state index contributed by atoms with van der Waals surface area (Å²) in [6.07, 6.45) is 4.97. The molecule has 0 saturated carbocycles. The Morgan fingerprint density at radius 3 is 2.60 bits per heavy atom. The van der Waals surface area contributed by atoms with Crippen LogP contribution in [0.3, 0.4) is 0 Å². The highest BCUT2D eigenvalue weighted by molar-refractivity contribution is 5.57. The summed E-state index contributed by atoms with van der Waals surface area (Å²) in [6.45, 7) is 1.96. The summed E-state index contributed by atoms with van der Waals surface area (Å²) in [5.41, 5.74) is 2.69. The molecule has 0 atom stereocenters. The Kier molecular flexibility index (Phi) is 2.58. The Labute approximate surface area is 88.0 Å². The molecule has 4 nitrogen and oxygen atoms in total. The van der Waals surface area contributed by atoms with Crippen LogP contribution in [-0.4, -0.2) is 22.1 Å².